The van der Waals surface area contributed by atoms with Crippen molar-refractivity contribution in [1.82, 2.24) is 5.32 Å². The summed E-state index contributed by atoms with van der Waals surface area (Å²) in [5, 5.41) is 2.89. The molecule has 1 atom stereocenters. The summed E-state index contributed by atoms with van der Waals surface area (Å²) in [6.45, 7) is 0. The third kappa shape index (κ3) is 3.54. The SMILES string of the molecule is NC(=O)[C@H](Cc1cccc(I)c1)NC(=O)C1c2ccccc2-c2ccccc21. The van der Waals surface area contributed by atoms with E-state index in [1.165, 1.54) is 0 Å². The number of amides is 2. The minimum Gasteiger partial charge on any atom is -0.368 e. The van der Waals surface area contributed by atoms with Gasteiger partial charge in [0.15, 0.2) is 0 Å². The molecule has 28 heavy (non-hydrogen) atoms. The molecule has 4 nitrogen and oxygen atoms in total. The van der Waals surface area contributed by atoms with Crippen molar-refractivity contribution in [3.8, 4) is 11.1 Å². The van der Waals surface area contributed by atoms with Crippen LogP contribution in [0.2, 0.25) is 0 Å². The Morgan fingerprint density at radius 3 is 2.11 bits per heavy atom. The highest BCUT2D eigenvalue weighted by atomic mass is 127. The first-order chi connectivity index (χ1) is 13.5. The van der Waals surface area contributed by atoms with E-state index in [2.05, 4.69) is 27.9 Å². The summed E-state index contributed by atoms with van der Waals surface area (Å²) < 4.78 is 1.07. The highest BCUT2D eigenvalue weighted by molar-refractivity contribution is 14.1. The van der Waals surface area contributed by atoms with E-state index in [0.29, 0.717) is 6.42 Å². The van der Waals surface area contributed by atoms with Crippen LogP contribution in [0.25, 0.3) is 11.1 Å². The highest BCUT2D eigenvalue weighted by Gasteiger charge is 2.34. The van der Waals surface area contributed by atoms with E-state index in [1.807, 2.05) is 72.8 Å². The largest absolute Gasteiger partial charge is 0.368 e. The summed E-state index contributed by atoms with van der Waals surface area (Å²) in [5.74, 6) is -1.18. The van der Waals surface area contributed by atoms with Crippen LogP contribution in [0.15, 0.2) is 72.8 Å². The van der Waals surface area contributed by atoms with Crippen LogP contribution in [-0.2, 0) is 16.0 Å². The number of benzene rings is 3. The zero-order chi connectivity index (χ0) is 19.7. The molecule has 3 aromatic rings. The maximum atomic E-state index is 13.2. The fourth-order valence-electron chi connectivity index (χ4n) is 3.82. The van der Waals surface area contributed by atoms with Gasteiger partial charge in [0, 0.05) is 9.99 Å². The van der Waals surface area contributed by atoms with Crippen molar-refractivity contribution in [3.63, 3.8) is 0 Å². The van der Waals surface area contributed by atoms with Gasteiger partial charge in [-0.05, 0) is 62.5 Å². The van der Waals surface area contributed by atoms with Crippen molar-refractivity contribution in [2.75, 3.05) is 0 Å². The Morgan fingerprint density at radius 1 is 0.929 bits per heavy atom. The first-order valence-corrected chi connectivity index (χ1v) is 10.1. The zero-order valence-corrected chi connectivity index (χ0v) is 17.2. The third-order valence-electron chi connectivity index (χ3n) is 5.08. The number of hydrogen-bond acceptors (Lipinski definition) is 2. The number of carbonyl (C=O) groups excluding carboxylic acids is 2. The molecule has 0 saturated carbocycles. The molecular formula is C23H19IN2O2. The number of nitrogens with one attached hydrogen (secondary N) is 1. The fourth-order valence-corrected chi connectivity index (χ4v) is 4.42. The molecule has 1 aliphatic carbocycles. The number of fused-ring (bicyclic) bond motifs is 3. The molecule has 0 spiro atoms. The van der Waals surface area contributed by atoms with Crippen molar-refractivity contribution in [3.05, 3.63) is 93.1 Å². The van der Waals surface area contributed by atoms with E-state index < -0.39 is 17.9 Å². The van der Waals surface area contributed by atoms with Crippen molar-refractivity contribution < 1.29 is 9.59 Å². The molecule has 0 heterocycles. The number of primary amides is 1. The standard InChI is InChI=1S/C23H19IN2O2/c24-15-7-5-6-14(12-15)13-20(22(25)27)26-23(28)21-18-10-3-1-8-16(18)17-9-2-4-11-19(17)21/h1-12,20-21H,13H2,(H2,25,27)(H,26,28)/t20-/m0/s1. The molecule has 0 radical (unpaired) electrons. The second kappa shape index (κ2) is 7.75. The number of nitrogens with two attached hydrogens (primary N) is 1. The normalized spacial score (nSPS) is 13.5. The van der Waals surface area contributed by atoms with Gasteiger partial charge in [-0.2, -0.15) is 0 Å². The van der Waals surface area contributed by atoms with Gasteiger partial charge in [0.25, 0.3) is 0 Å². The predicted molar refractivity (Wildman–Crippen MR) is 118 cm³/mol. The second-order valence-corrected chi connectivity index (χ2v) is 8.15. The van der Waals surface area contributed by atoms with Gasteiger partial charge in [0.05, 0.1) is 5.92 Å². The Bertz CT molecular complexity index is 1020. The van der Waals surface area contributed by atoms with Crippen LogP contribution in [0.1, 0.15) is 22.6 Å². The quantitative estimate of drug-likeness (QED) is 0.546. The van der Waals surface area contributed by atoms with E-state index in [-0.39, 0.29) is 5.91 Å². The Hall–Kier alpha value is -2.67. The molecular weight excluding hydrogens is 463 g/mol. The van der Waals surface area contributed by atoms with Crippen molar-refractivity contribution in [2.24, 2.45) is 5.73 Å². The van der Waals surface area contributed by atoms with Gasteiger partial charge in [0.2, 0.25) is 11.8 Å². The maximum Gasteiger partial charge on any atom is 0.240 e. The lowest BCUT2D eigenvalue weighted by atomic mass is 9.95. The van der Waals surface area contributed by atoms with E-state index in [9.17, 15) is 9.59 Å². The van der Waals surface area contributed by atoms with Gasteiger partial charge >= 0.3 is 0 Å². The smallest absolute Gasteiger partial charge is 0.240 e. The first kappa shape index (κ1) is 18.7. The average molecular weight is 482 g/mol. The lowest BCUT2D eigenvalue weighted by Gasteiger charge is -2.20. The fraction of sp³-hybridized carbons (Fsp3) is 0.130. The molecule has 0 saturated heterocycles. The van der Waals surface area contributed by atoms with Gasteiger partial charge in [-0.15, -0.1) is 0 Å². The van der Waals surface area contributed by atoms with Crippen LogP contribution in [0.5, 0.6) is 0 Å². The van der Waals surface area contributed by atoms with Crippen LogP contribution >= 0.6 is 22.6 Å². The Balaban J connectivity index is 1.62. The monoisotopic (exact) mass is 482 g/mol. The molecule has 0 bridgehead atoms. The van der Waals surface area contributed by atoms with Gasteiger partial charge in [-0.25, -0.2) is 0 Å². The zero-order valence-electron chi connectivity index (χ0n) is 15.1. The Kier molecular flexibility index (Phi) is 5.17. The molecule has 1 aliphatic rings. The summed E-state index contributed by atoms with van der Waals surface area (Å²) in [6, 6.07) is 22.9. The van der Waals surface area contributed by atoms with Gasteiger partial charge in [-0.3, -0.25) is 9.59 Å². The predicted octanol–water partition coefficient (Wildman–Crippen LogP) is 3.62. The topological polar surface area (TPSA) is 72.2 Å². The van der Waals surface area contributed by atoms with E-state index in [0.717, 1.165) is 31.4 Å². The van der Waals surface area contributed by atoms with Crippen LogP contribution in [0.3, 0.4) is 0 Å². The molecule has 140 valence electrons. The Morgan fingerprint density at radius 2 is 1.54 bits per heavy atom. The molecule has 0 unspecified atom stereocenters. The highest BCUT2D eigenvalue weighted by Crippen LogP contribution is 2.44. The number of carbonyl (C=O) groups is 2. The molecule has 3 N–H and O–H groups in total. The number of hydrogen-bond donors (Lipinski definition) is 2. The molecule has 3 aromatic carbocycles. The van der Waals surface area contributed by atoms with Crippen molar-refractivity contribution >= 4 is 34.4 Å². The maximum absolute atomic E-state index is 13.2. The van der Waals surface area contributed by atoms with Crippen LogP contribution in [0.4, 0.5) is 0 Å². The van der Waals surface area contributed by atoms with Crippen LogP contribution in [-0.4, -0.2) is 17.9 Å². The van der Waals surface area contributed by atoms with Crippen LogP contribution < -0.4 is 11.1 Å². The first-order valence-electron chi connectivity index (χ1n) is 9.07. The lowest BCUT2D eigenvalue weighted by molar-refractivity contribution is -0.127. The summed E-state index contributed by atoms with van der Waals surface area (Å²) >= 11 is 2.22. The summed E-state index contributed by atoms with van der Waals surface area (Å²) in [4.78, 5) is 25.3. The minimum atomic E-state index is -0.759. The molecule has 0 aromatic heterocycles. The number of halogens is 1. The Labute approximate surface area is 177 Å². The third-order valence-corrected chi connectivity index (χ3v) is 5.76. The number of rotatable bonds is 5. The van der Waals surface area contributed by atoms with E-state index in [1.54, 1.807) is 0 Å². The summed E-state index contributed by atoms with van der Waals surface area (Å²) in [5.41, 5.74) is 10.6. The minimum absolute atomic E-state index is 0.202. The molecule has 0 aliphatic heterocycles. The molecule has 2 amide bonds. The van der Waals surface area contributed by atoms with E-state index >= 15 is 0 Å². The molecule has 0 fully saturated rings. The lowest BCUT2D eigenvalue weighted by Crippen LogP contribution is -2.47. The molecule has 4 rings (SSSR count). The van der Waals surface area contributed by atoms with Gasteiger partial charge < -0.3 is 11.1 Å². The van der Waals surface area contributed by atoms with Crippen molar-refractivity contribution in [1.29, 1.82) is 0 Å². The molecule has 5 heteroatoms. The van der Waals surface area contributed by atoms with Crippen molar-refractivity contribution in [2.45, 2.75) is 18.4 Å². The van der Waals surface area contributed by atoms with Gasteiger partial charge in [-0.1, -0.05) is 60.7 Å². The average Bonchev–Trinajstić information content (AvgIpc) is 3.02. The van der Waals surface area contributed by atoms with E-state index in [4.69, 9.17) is 5.73 Å². The van der Waals surface area contributed by atoms with Crippen LogP contribution in [0, 0.1) is 3.57 Å². The summed E-state index contributed by atoms with van der Waals surface area (Å²) in [7, 11) is 0. The van der Waals surface area contributed by atoms with Gasteiger partial charge in [0.1, 0.15) is 6.04 Å². The summed E-state index contributed by atoms with van der Waals surface area (Å²) in [6.07, 6.45) is 0.369. The second-order valence-electron chi connectivity index (χ2n) is 6.91.